The van der Waals surface area contributed by atoms with Crippen molar-refractivity contribution in [2.45, 2.75) is 6.18 Å². The molecule has 4 aromatic rings. The lowest BCUT2D eigenvalue weighted by atomic mass is 10.1. The number of anilines is 2. The number of rotatable bonds is 3. The number of nitrogens with zero attached hydrogens (tertiary/aromatic N) is 5. The molecule has 32 heavy (non-hydrogen) atoms. The molecule has 0 unspecified atom stereocenters. The summed E-state index contributed by atoms with van der Waals surface area (Å²) in [5, 5.41) is 0. The van der Waals surface area contributed by atoms with Gasteiger partial charge in [-0.2, -0.15) is 17.5 Å². The van der Waals surface area contributed by atoms with E-state index in [1.807, 2.05) is 4.90 Å². The molecule has 0 spiro atoms. The summed E-state index contributed by atoms with van der Waals surface area (Å²) in [6, 6.07) is 11.5. The van der Waals surface area contributed by atoms with Crippen LogP contribution in [0, 0.1) is 5.82 Å². The van der Waals surface area contributed by atoms with Crippen molar-refractivity contribution in [2.75, 3.05) is 36.0 Å². The second-order valence-electron chi connectivity index (χ2n) is 7.44. The lowest BCUT2D eigenvalue weighted by Crippen LogP contribution is -2.47. The van der Waals surface area contributed by atoms with Crippen LogP contribution in [-0.2, 0) is 6.18 Å². The molecule has 0 N–H and O–H groups in total. The predicted molar refractivity (Wildman–Crippen MR) is 116 cm³/mol. The van der Waals surface area contributed by atoms with E-state index in [0.29, 0.717) is 43.1 Å². The highest BCUT2D eigenvalue weighted by Crippen LogP contribution is 2.35. The van der Waals surface area contributed by atoms with Gasteiger partial charge in [-0.05, 0) is 54.0 Å². The van der Waals surface area contributed by atoms with E-state index >= 15 is 0 Å². The quantitative estimate of drug-likeness (QED) is 0.392. The molecule has 10 heteroatoms. The third-order valence-corrected chi connectivity index (χ3v) is 6.31. The molecule has 0 bridgehead atoms. The van der Waals surface area contributed by atoms with E-state index in [9.17, 15) is 17.6 Å². The van der Waals surface area contributed by atoms with E-state index in [1.54, 1.807) is 18.2 Å². The number of halogens is 4. The Morgan fingerprint density at radius 3 is 2.31 bits per heavy atom. The summed E-state index contributed by atoms with van der Waals surface area (Å²) in [6.45, 7) is 2.34. The molecule has 3 heterocycles. The second kappa shape index (κ2) is 8.01. The first kappa shape index (κ1) is 20.6. The van der Waals surface area contributed by atoms with Crippen molar-refractivity contribution in [1.29, 1.82) is 0 Å². The first-order valence-corrected chi connectivity index (χ1v) is 10.7. The molecule has 0 amide bonds. The van der Waals surface area contributed by atoms with Crippen molar-refractivity contribution in [2.24, 2.45) is 0 Å². The van der Waals surface area contributed by atoms with Crippen molar-refractivity contribution in [3.05, 3.63) is 66.2 Å². The van der Waals surface area contributed by atoms with E-state index < -0.39 is 11.7 Å². The molecule has 0 aliphatic carbocycles. The number of aromatic nitrogens is 3. The largest absolute Gasteiger partial charge is 0.416 e. The van der Waals surface area contributed by atoms with Gasteiger partial charge in [0, 0.05) is 37.4 Å². The third-order valence-electron chi connectivity index (χ3n) is 5.47. The first-order chi connectivity index (χ1) is 15.4. The standard InChI is InChI=1S/C22H17F4N5S/c23-16-6-4-14(5-7-16)18-19-20(32-29-18)21(28-13-27-19)31-10-8-30(9-11-31)17-3-1-2-15(12-17)22(24,25)26/h1-7,12-13H,8-11H2. The Bertz CT molecular complexity index is 1250. The number of hydrogen-bond donors (Lipinski definition) is 0. The fraction of sp³-hybridized carbons (Fsp3) is 0.227. The highest BCUT2D eigenvalue weighted by Gasteiger charge is 2.31. The van der Waals surface area contributed by atoms with Gasteiger partial charge in [0.05, 0.1) is 5.56 Å². The van der Waals surface area contributed by atoms with Gasteiger partial charge < -0.3 is 9.80 Å². The molecule has 5 rings (SSSR count). The molecule has 0 saturated carbocycles. The molecule has 164 valence electrons. The van der Waals surface area contributed by atoms with Gasteiger partial charge in [0.1, 0.15) is 28.1 Å². The Morgan fingerprint density at radius 1 is 0.875 bits per heavy atom. The minimum absolute atomic E-state index is 0.317. The molecule has 2 aromatic heterocycles. The Kier molecular flexibility index (Phi) is 5.16. The van der Waals surface area contributed by atoms with Crippen molar-refractivity contribution in [3.8, 4) is 11.3 Å². The van der Waals surface area contributed by atoms with Crippen LogP contribution in [0.2, 0.25) is 0 Å². The topological polar surface area (TPSA) is 45.2 Å². The first-order valence-electron chi connectivity index (χ1n) is 9.93. The summed E-state index contributed by atoms with van der Waals surface area (Å²) in [7, 11) is 0. The molecule has 1 fully saturated rings. The monoisotopic (exact) mass is 459 g/mol. The predicted octanol–water partition coefficient (Wildman–Crippen LogP) is 5.24. The van der Waals surface area contributed by atoms with Crippen LogP contribution >= 0.6 is 11.5 Å². The van der Waals surface area contributed by atoms with Crippen LogP contribution < -0.4 is 9.80 Å². The maximum atomic E-state index is 13.3. The number of benzene rings is 2. The molecule has 2 aromatic carbocycles. The van der Waals surface area contributed by atoms with Crippen LogP contribution in [0.3, 0.4) is 0 Å². The third kappa shape index (κ3) is 3.86. The summed E-state index contributed by atoms with van der Waals surface area (Å²) >= 11 is 1.29. The van der Waals surface area contributed by atoms with Crippen LogP contribution in [0.25, 0.3) is 21.5 Å². The van der Waals surface area contributed by atoms with Gasteiger partial charge in [-0.15, -0.1) is 0 Å². The minimum Gasteiger partial charge on any atom is -0.368 e. The van der Waals surface area contributed by atoms with Crippen LogP contribution in [0.1, 0.15) is 5.56 Å². The Balaban J connectivity index is 1.37. The maximum absolute atomic E-state index is 13.3. The molecule has 5 nitrogen and oxygen atoms in total. The maximum Gasteiger partial charge on any atom is 0.416 e. The fourth-order valence-corrected chi connectivity index (χ4v) is 4.70. The Labute approximate surface area is 185 Å². The Hall–Kier alpha value is -3.27. The van der Waals surface area contributed by atoms with Gasteiger partial charge in [-0.25, -0.2) is 14.4 Å². The average Bonchev–Trinajstić information content (AvgIpc) is 3.24. The average molecular weight is 459 g/mol. The van der Waals surface area contributed by atoms with Crippen molar-refractivity contribution in [3.63, 3.8) is 0 Å². The molecule has 1 aliphatic rings. The summed E-state index contributed by atoms with van der Waals surface area (Å²) in [5.74, 6) is 0.437. The van der Waals surface area contributed by atoms with Gasteiger partial charge >= 0.3 is 6.18 Å². The molecule has 0 radical (unpaired) electrons. The van der Waals surface area contributed by atoms with Crippen LogP contribution in [-0.4, -0.2) is 40.5 Å². The summed E-state index contributed by atoms with van der Waals surface area (Å²) < 4.78 is 57.8. The minimum atomic E-state index is -4.36. The molecule has 1 aliphatic heterocycles. The number of piperazine rings is 1. The second-order valence-corrected chi connectivity index (χ2v) is 8.21. The van der Waals surface area contributed by atoms with Gasteiger partial charge in [-0.1, -0.05) is 6.07 Å². The lowest BCUT2D eigenvalue weighted by Gasteiger charge is -2.37. The normalized spacial score (nSPS) is 14.9. The van der Waals surface area contributed by atoms with Crippen LogP contribution in [0.15, 0.2) is 54.9 Å². The Morgan fingerprint density at radius 2 is 1.59 bits per heavy atom. The van der Waals surface area contributed by atoms with Gasteiger partial charge in [0.25, 0.3) is 0 Å². The van der Waals surface area contributed by atoms with Gasteiger partial charge in [0.2, 0.25) is 0 Å². The highest BCUT2D eigenvalue weighted by molar-refractivity contribution is 7.14. The van der Waals surface area contributed by atoms with E-state index in [0.717, 1.165) is 22.1 Å². The zero-order valence-corrected chi connectivity index (χ0v) is 17.5. The van der Waals surface area contributed by atoms with Crippen LogP contribution in [0.4, 0.5) is 29.1 Å². The zero-order chi connectivity index (χ0) is 22.3. The van der Waals surface area contributed by atoms with E-state index in [-0.39, 0.29) is 5.82 Å². The number of fused-ring (bicyclic) bond motifs is 1. The number of alkyl halides is 3. The summed E-state index contributed by atoms with van der Waals surface area (Å²) in [6.07, 6.45) is -2.88. The highest BCUT2D eigenvalue weighted by atomic mass is 32.1. The smallest absolute Gasteiger partial charge is 0.368 e. The number of hydrogen-bond acceptors (Lipinski definition) is 6. The molecule has 0 atom stereocenters. The van der Waals surface area contributed by atoms with Crippen molar-refractivity contribution >= 4 is 33.3 Å². The zero-order valence-electron chi connectivity index (χ0n) is 16.7. The lowest BCUT2D eigenvalue weighted by molar-refractivity contribution is -0.137. The van der Waals surface area contributed by atoms with E-state index in [4.69, 9.17) is 0 Å². The van der Waals surface area contributed by atoms with Crippen LogP contribution in [0.5, 0.6) is 0 Å². The van der Waals surface area contributed by atoms with Gasteiger partial charge in [0.15, 0.2) is 5.82 Å². The molecular weight excluding hydrogens is 442 g/mol. The van der Waals surface area contributed by atoms with Crippen molar-refractivity contribution < 1.29 is 17.6 Å². The summed E-state index contributed by atoms with van der Waals surface area (Å²) in [4.78, 5) is 12.9. The molecular formula is C22H17F4N5S. The molecule has 1 saturated heterocycles. The summed E-state index contributed by atoms with van der Waals surface area (Å²) in [5.41, 5.74) is 2.07. The van der Waals surface area contributed by atoms with Gasteiger partial charge in [-0.3, -0.25) is 0 Å². The van der Waals surface area contributed by atoms with E-state index in [1.165, 1.54) is 42.1 Å². The SMILES string of the molecule is Fc1ccc(-c2nsc3c(N4CCN(c5cccc(C(F)(F)F)c5)CC4)ncnc23)cc1. The van der Waals surface area contributed by atoms with E-state index in [2.05, 4.69) is 19.2 Å². The fourth-order valence-electron chi connectivity index (χ4n) is 3.83. The van der Waals surface area contributed by atoms with Crippen molar-refractivity contribution in [1.82, 2.24) is 14.3 Å².